The summed E-state index contributed by atoms with van der Waals surface area (Å²) in [5.41, 5.74) is 1.13. The second kappa shape index (κ2) is 8.83. The van der Waals surface area contributed by atoms with Crippen molar-refractivity contribution in [1.29, 1.82) is 0 Å². The third kappa shape index (κ3) is 4.54. The molecule has 2 saturated heterocycles. The van der Waals surface area contributed by atoms with E-state index in [2.05, 4.69) is 0 Å². The van der Waals surface area contributed by atoms with E-state index >= 15 is 0 Å². The molecule has 1 aliphatic carbocycles. The Labute approximate surface area is 197 Å². The lowest BCUT2D eigenvalue weighted by Gasteiger charge is -2.35. The Morgan fingerprint density at radius 1 is 0.882 bits per heavy atom. The van der Waals surface area contributed by atoms with Crippen molar-refractivity contribution in [3.63, 3.8) is 0 Å². The molecule has 2 aromatic rings. The molecule has 3 aliphatic rings. The smallest absolute Gasteiger partial charge is 0.317 e. The molecule has 2 N–H and O–H groups in total. The van der Waals surface area contributed by atoms with Crippen LogP contribution in [0.1, 0.15) is 23.2 Å². The SMILES string of the molecule is O=C(Oc1cccc(-c2ccc(C(=O)N3CCN(C(=O)C4(O)CC4)CC3)cc2)c1)C1CN(O)C1. The highest BCUT2D eigenvalue weighted by molar-refractivity contribution is 5.95. The van der Waals surface area contributed by atoms with Gasteiger partial charge < -0.3 is 24.9 Å². The number of hydrogen-bond donors (Lipinski definition) is 2. The van der Waals surface area contributed by atoms with Gasteiger partial charge in [-0.2, -0.15) is 5.06 Å². The molecule has 2 amide bonds. The topological polar surface area (TPSA) is 111 Å². The van der Waals surface area contributed by atoms with Gasteiger partial charge in [0.15, 0.2) is 0 Å². The highest BCUT2D eigenvalue weighted by Gasteiger charge is 2.50. The van der Waals surface area contributed by atoms with Crippen LogP contribution in [0.2, 0.25) is 0 Å². The van der Waals surface area contributed by atoms with E-state index in [1.54, 1.807) is 40.1 Å². The molecule has 5 rings (SSSR count). The maximum atomic E-state index is 12.9. The minimum Gasteiger partial charge on any atom is -0.426 e. The molecule has 9 heteroatoms. The van der Waals surface area contributed by atoms with Gasteiger partial charge >= 0.3 is 5.97 Å². The summed E-state index contributed by atoms with van der Waals surface area (Å²) >= 11 is 0. The average molecular weight is 466 g/mol. The average Bonchev–Trinajstić information content (AvgIpc) is 3.60. The van der Waals surface area contributed by atoms with Crippen LogP contribution in [0, 0.1) is 5.92 Å². The van der Waals surface area contributed by atoms with E-state index in [4.69, 9.17) is 4.74 Å². The number of benzene rings is 2. The van der Waals surface area contributed by atoms with Crippen LogP contribution in [-0.4, -0.2) is 87.8 Å². The van der Waals surface area contributed by atoms with E-state index in [0.29, 0.717) is 50.3 Å². The van der Waals surface area contributed by atoms with Gasteiger partial charge in [0.05, 0.1) is 5.92 Å². The summed E-state index contributed by atoms with van der Waals surface area (Å²) in [4.78, 5) is 40.7. The lowest BCUT2D eigenvalue weighted by atomic mass is 10.0. The van der Waals surface area contributed by atoms with Crippen LogP contribution in [0.3, 0.4) is 0 Å². The van der Waals surface area contributed by atoms with Crippen molar-refractivity contribution < 1.29 is 29.4 Å². The zero-order valence-electron chi connectivity index (χ0n) is 18.7. The van der Waals surface area contributed by atoms with Crippen LogP contribution < -0.4 is 4.74 Å². The summed E-state index contributed by atoms with van der Waals surface area (Å²) in [6.45, 7) is 2.28. The van der Waals surface area contributed by atoms with E-state index < -0.39 is 5.60 Å². The van der Waals surface area contributed by atoms with Crippen molar-refractivity contribution in [2.24, 2.45) is 5.92 Å². The Bertz CT molecular complexity index is 1100. The highest BCUT2D eigenvalue weighted by atomic mass is 16.5. The molecule has 0 spiro atoms. The molecule has 3 fully saturated rings. The predicted molar refractivity (Wildman–Crippen MR) is 121 cm³/mol. The van der Waals surface area contributed by atoms with Crippen LogP contribution in [0.15, 0.2) is 48.5 Å². The van der Waals surface area contributed by atoms with Gasteiger partial charge in [-0.15, -0.1) is 0 Å². The fraction of sp³-hybridized carbons (Fsp3) is 0.400. The summed E-state index contributed by atoms with van der Waals surface area (Å²) in [5.74, 6) is -0.569. The Morgan fingerprint density at radius 3 is 2.15 bits per heavy atom. The lowest BCUT2D eigenvalue weighted by molar-refractivity contribution is -0.185. The van der Waals surface area contributed by atoms with Crippen LogP contribution >= 0.6 is 0 Å². The molecule has 2 heterocycles. The van der Waals surface area contributed by atoms with E-state index in [1.807, 2.05) is 18.2 Å². The monoisotopic (exact) mass is 465 g/mol. The van der Waals surface area contributed by atoms with Gasteiger partial charge in [0.25, 0.3) is 11.8 Å². The van der Waals surface area contributed by atoms with E-state index in [0.717, 1.165) is 16.2 Å². The molecule has 178 valence electrons. The van der Waals surface area contributed by atoms with Crippen molar-refractivity contribution in [2.45, 2.75) is 18.4 Å². The number of piperazine rings is 1. The van der Waals surface area contributed by atoms with Gasteiger partial charge in [-0.25, -0.2) is 0 Å². The Hall–Kier alpha value is -3.27. The highest BCUT2D eigenvalue weighted by Crippen LogP contribution is 2.37. The molecule has 9 nitrogen and oxygen atoms in total. The van der Waals surface area contributed by atoms with Crippen LogP contribution in [0.5, 0.6) is 5.75 Å². The quantitative estimate of drug-likeness (QED) is 0.507. The molecule has 0 aromatic heterocycles. The molecule has 0 bridgehead atoms. The van der Waals surface area contributed by atoms with Crippen molar-refractivity contribution in [2.75, 3.05) is 39.3 Å². The number of hydrogen-bond acceptors (Lipinski definition) is 7. The van der Waals surface area contributed by atoms with Gasteiger partial charge in [-0.1, -0.05) is 24.3 Å². The largest absolute Gasteiger partial charge is 0.426 e. The van der Waals surface area contributed by atoms with Gasteiger partial charge in [0, 0.05) is 44.8 Å². The first-order chi connectivity index (χ1) is 16.3. The number of rotatable bonds is 5. The number of amides is 2. The molecule has 2 aliphatic heterocycles. The first-order valence-electron chi connectivity index (χ1n) is 11.5. The van der Waals surface area contributed by atoms with E-state index in [-0.39, 0.29) is 36.8 Å². The van der Waals surface area contributed by atoms with Crippen molar-refractivity contribution in [1.82, 2.24) is 14.9 Å². The number of carbonyl (C=O) groups is 3. The van der Waals surface area contributed by atoms with Crippen LogP contribution in [-0.2, 0) is 9.59 Å². The molecule has 34 heavy (non-hydrogen) atoms. The zero-order chi connectivity index (χ0) is 23.9. The maximum absolute atomic E-state index is 12.9. The molecular formula is C25H27N3O6. The fourth-order valence-electron chi connectivity index (χ4n) is 4.27. The number of hydroxylamine groups is 2. The molecular weight excluding hydrogens is 438 g/mol. The summed E-state index contributed by atoms with van der Waals surface area (Å²) < 4.78 is 5.44. The number of carbonyl (C=O) groups excluding carboxylic acids is 3. The number of ether oxygens (including phenoxy) is 1. The number of aliphatic hydroxyl groups is 1. The normalized spacial score (nSPS) is 19.9. The van der Waals surface area contributed by atoms with Gasteiger partial charge in [-0.05, 0) is 48.2 Å². The van der Waals surface area contributed by atoms with Crippen molar-refractivity contribution >= 4 is 17.8 Å². The summed E-state index contributed by atoms with van der Waals surface area (Å²) in [7, 11) is 0. The predicted octanol–water partition coefficient (Wildman–Crippen LogP) is 1.39. The Morgan fingerprint density at radius 2 is 1.53 bits per heavy atom. The van der Waals surface area contributed by atoms with Crippen LogP contribution in [0.4, 0.5) is 0 Å². The number of nitrogens with zero attached hydrogens (tertiary/aromatic N) is 3. The second-order valence-corrected chi connectivity index (χ2v) is 9.21. The third-order valence-corrected chi connectivity index (χ3v) is 6.69. The molecule has 0 atom stereocenters. The summed E-state index contributed by atoms with van der Waals surface area (Å²) in [6.07, 6.45) is 1.04. The molecule has 0 radical (unpaired) electrons. The van der Waals surface area contributed by atoms with E-state index in [9.17, 15) is 24.7 Å². The van der Waals surface area contributed by atoms with Gasteiger partial charge in [0.1, 0.15) is 11.4 Å². The summed E-state index contributed by atoms with van der Waals surface area (Å²) in [6, 6.07) is 14.4. The second-order valence-electron chi connectivity index (χ2n) is 9.21. The fourth-order valence-corrected chi connectivity index (χ4v) is 4.27. The summed E-state index contributed by atoms with van der Waals surface area (Å²) in [5, 5.41) is 20.3. The Balaban J connectivity index is 1.19. The molecule has 0 unspecified atom stereocenters. The van der Waals surface area contributed by atoms with Crippen molar-refractivity contribution in [3.8, 4) is 16.9 Å². The first-order valence-corrected chi connectivity index (χ1v) is 11.5. The molecule has 2 aromatic carbocycles. The van der Waals surface area contributed by atoms with Gasteiger partial charge in [0.2, 0.25) is 0 Å². The third-order valence-electron chi connectivity index (χ3n) is 6.69. The van der Waals surface area contributed by atoms with Crippen molar-refractivity contribution in [3.05, 3.63) is 54.1 Å². The minimum atomic E-state index is -1.17. The van der Waals surface area contributed by atoms with E-state index in [1.165, 1.54) is 0 Å². The number of esters is 1. The Kier molecular flexibility index (Phi) is 5.85. The standard InChI is InChI=1S/C25H27N3O6/c29-22(26-10-12-27(13-11-26)24(31)25(32)8-9-25)18-6-4-17(5-7-18)19-2-1-3-21(14-19)34-23(30)20-15-28(33)16-20/h1-7,14,20,32-33H,8-13,15-16H2. The minimum absolute atomic E-state index is 0.0927. The zero-order valence-corrected chi connectivity index (χ0v) is 18.7. The molecule has 1 saturated carbocycles. The first kappa shape index (κ1) is 22.5. The lowest BCUT2D eigenvalue weighted by Crippen LogP contribution is -2.53. The maximum Gasteiger partial charge on any atom is 0.317 e. The van der Waals surface area contributed by atoms with Gasteiger partial charge in [-0.3, -0.25) is 14.4 Å². The van der Waals surface area contributed by atoms with Crippen LogP contribution in [0.25, 0.3) is 11.1 Å².